The number of ether oxygens (including phenoxy) is 2. The second kappa shape index (κ2) is 8.59. The van der Waals surface area contributed by atoms with Crippen molar-refractivity contribution in [2.45, 2.75) is 44.8 Å². The van der Waals surface area contributed by atoms with Gasteiger partial charge in [0, 0.05) is 12.1 Å². The van der Waals surface area contributed by atoms with Crippen molar-refractivity contribution in [3.8, 4) is 0 Å². The zero-order valence-electron chi connectivity index (χ0n) is 16.4. The number of hydrogen-bond donors (Lipinski definition) is 1. The maximum Gasteiger partial charge on any atom is 0.162 e. The molecule has 0 aromatic heterocycles. The third kappa shape index (κ3) is 4.27. The number of benzene rings is 3. The standard InChI is InChI=1S/C25H27NO2/c1-18-19(2)28-24(27-18)17-21-13-9-10-16-23(21)25(20-11-5-3-6-12-20)26-22-14-7-4-8-15-22/h3-16,18-19,24-26H,17H2,1-2H3/t18-,19-,25-/m0/s1. The van der Waals surface area contributed by atoms with Crippen molar-refractivity contribution in [3.05, 3.63) is 102 Å². The lowest BCUT2D eigenvalue weighted by Gasteiger charge is -2.24. The van der Waals surface area contributed by atoms with E-state index in [-0.39, 0.29) is 24.5 Å². The average molecular weight is 373 g/mol. The number of para-hydroxylation sites is 1. The Kier molecular flexibility index (Phi) is 5.75. The van der Waals surface area contributed by atoms with Gasteiger partial charge in [-0.1, -0.05) is 72.8 Å². The first-order valence-corrected chi connectivity index (χ1v) is 9.96. The summed E-state index contributed by atoms with van der Waals surface area (Å²) in [5.41, 5.74) is 4.82. The summed E-state index contributed by atoms with van der Waals surface area (Å²) in [5.74, 6) is 0. The van der Waals surface area contributed by atoms with Gasteiger partial charge in [0.2, 0.25) is 0 Å². The zero-order valence-corrected chi connectivity index (χ0v) is 16.4. The molecule has 0 amide bonds. The molecule has 0 unspecified atom stereocenters. The highest BCUT2D eigenvalue weighted by Crippen LogP contribution is 2.31. The van der Waals surface area contributed by atoms with Crippen LogP contribution in [0.25, 0.3) is 0 Å². The zero-order chi connectivity index (χ0) is 19.3. The molecule has 0 bridgehead atoms. The highest BCUT2D eigenvalue weighted by atomic mass is 16.7. The molecule has 1 aliphatic heterocycles. The summed E-state index contributed by atoms with van der Waals surface area (Å²) in [5, 5.41) is 3.71. The molecule has 1 fully saturated rings. The lowest BCUT2D eigenvalue weighted by atomic mass is 9.92. The van der Waals surface area contributed by atoms with Crippen molar-refractivity contribution in [2.75, 3.05) is 5.32 Å². The van der Waals surface area contributed by atoms with Gasteiger partial charge in [-0.15, -0.1) is 0 Å². The minimum atomic E-state index is -0.195. The highest BCUT2D eigenvalue weighted by molar-refractivity contribution is 5.50. The molecule has 3 atom stereocenters. The molecule has 0 saturated carbocycles. The molecule has 3 heteroatoms. The fourth-order valence-electron chi connectivity index (χ4n) is 3.70. The molecular formula is C25H27NO2. The Morgan fingerprint density at radius 3 is 2.00 bits per heavy atom. The molecule has 144 valence electrons. The Morgan fingerprint density at radius 1 is 0.750 bits per heavy atom. The van der Waals surface area contributed by atoms with Crippen LogP contribution in [0.15, 0.2) is 84.9 Å². The summed E-state index contributed by atoms with van der Waals surface area (Å²) in [7, 11) is 0. The predicted octanol–water partition coefficient (Wildman–Crippen LogP) is 5.58. The van der Waals surface area contributed by atoms with Crippen LogP contribution in [0.5, 0.6) is 0 Å². The van der Waals surface area contributed by atoms with Gasteiger partial charge in [0.05, 0.1) is 18.2 Å². The Bertz CT molecular complexity index is 871. The normalized spacial score (nSPS) is 20.8. The second-order valence-electron chi connectivity index (χ2n) is 7.37. The van der Waals surface area contributed by atoms with E-state index in [0.717, 1.165) is 12.1 Å². The minimum absolute atomic E-state index is 0.0519. The van der Waals surface area contributed by atoms with E-state index in [1.54, 1.807) is 0 Å². The van der Waals surface area contributed by atoms with Crippen molar-refractivity contribution >= 4 is 5.69 Å². The first-order valence-electron chi connectivity index (χ1n) is 9.96. The average Bonchev–Trinajstić information content (AvgIpc) is 3.05. The van der Waals surface area contributed by atoms with E-state index in [2.05, 4.69) is 98.0 Å². The Balaban J connectivity index is 1.66. The largest absolute Gasteiger partial charge is 0.374 e. The maximum atomic E-state index is 5.99. The van der Waals surface area contributed by atoms with Crippen LogP contribution < -0.4 is 5.32 Å². The number of nitrogens with one attached hydrogen (secondary N) is 1. The molecule has 1 N–H and O–H groups in total. The SMILES string of the molecule is C[C@@H]1OC(Cc2ccccc2[C@@H](Nc2ccccc2)c2ccccc2)O[C@H]1C. The highest BCUT2D eigenvalue weighted by Gasteiger charge is 2.30. The van der Waals surface area contributed by atoms with Crippen LogP contribution in [-0.4, -0.2) is 18.5 Å². The van der Waals surface area contributed by atoms with Gasteiger partial charge in [0.15, 0.2) is 6.29 Å². The summed E-state index contributed by atoms with van der Waals surface area (Å²) in [6, 6.07) is 29.5. The van der Waals surface area contributed by atoms with Crippen molar-refractivity contribution in [1.29, 1.82) is 0 Å². The van der Waals surface area contributed by atoms with Gasteiger partial charge in [-0.25, -0.2) is 0 Å². The molecule has 3 aromatic carbocycles. The first kappa shape index (κ1) is 18.7. The Hall–Kier alpha value is -2.62. The Morgan fingerprint density at radius 2 is 1.32 bits per heavy atom. The van der Waals surface area contributed by atoms with E-state index >= 15 is 0 Å². The summed E-state index contributed by atoms with van der Waals surface area (Å²) >= 11 is 0. The number of rotatable bonds is 6. The van der Waals surface area contributed by atoms with E-state index in [0.29, 0.717) is 0 Å². The van der Waals surface area contributed by atoms with E-state index in [9.17, 15) is 0 Å². The third-order valence-electron chi connectivity index (χ3n) is 5.36. The topological polar surface area (TPSA) is 30.5 Å². The van der Waals surface area contributed by atoms with Crippen molar-refractivity contribution in [3.63, 3.8) is 0 Å². The molecule has 1 saturated heterocycles. The Labute approximate surface area is 167 Å². The van der Waals surface area contributed by atoms with Gasteiger partial charge in [0.1, 0.15) is 0 Å². The molecule has 0 aliphatic carbocycles. The van der Waals surface area contributed by atoms with Gasteiger partial charge in [-0.3, -0.25) is 0 Å². The minimum Gasteiger partial charge on any atom is -0.374 e. The first-order chi connectivity index (χ1) is 13.7. The maximum absolute atomic E-state index is 5.99. The molecule has 4 rings (SSSR count). The predicted molar refractivity (Wildman–Crippen MR) is 113 cm³/mol. The lowest BCUT2D eigenvalue weighted by molar-refractivity contribution is -0.0608. The van der Waals surface area contributed by atoms with Crippen LogP contribution in [0, 0.1) is 0 Å². The van der Waals surface area contributed by atoms with E-state index in [4.69, 9.17) is 9.47 Å². The van der Waals surface area contributed by atoms with E-state index < -0.39 is 0 Å². The van der Waals surface area contributed by atoms with Crippen LogP contribution in [-0.2, 0) is 15.9 Å². The molecule has 3 nitrogen and oxygen atoms in total. The summed E-state index contributed by atoms with van der Waals surface area (Å²) < 4.78 is 12.0. The van der Waals surface area contributed by atoms with Gasteiger partial charge in [-0.05, 0) is 42.7 Å². The van der Waals surface area contributed by atoms with E-state index in [1.165, 1.54) is 16.7 Å². The van der Waals surface area contributed by atoms with Crippen molar-refractivity contribution < 1.29 is 9.47 Å². The molecule has 3 aromatic rings. The number of anilines is 1. The lowest BCUT2D eigenvalue weighted by Crippen LogP contribution is -2.18. The monoisotopic (exact) mass is 373 g/mol. The smallest absolute Gasteiger partial charge is 0.162 e. The van der Waals surface area contributed by atoms with Crippen LogP contribution in [0.1, 0.15) is 36.6 Å². The fraction of sp³-hybridized carbons (Fsp3) is 0.280. The quantitative estimate of drug-likeness (QED) is 0.612. The van der Waals surface area contributed by atoms with Crippen molar-refractivity contribution in [1.82, 2.24) is 0 Å². The van der Waals surface area contributed by atoms with Gasteiger partial charge in [0.25, 0.3) is 0 Å². The van der Waals surface area contributed by atoms with Gasteiger partial charge < -0.3 is 14.8 Å². The van der Waals surface area contributed by atoms with Gasteiger partial charge in [-0.2, -0.15) is 0 Å². The number of hydrogen-bond acceptors (Lipinski definition) is 3. The molecule has 0 spiro atoms. The molecule has 0 radical (unpaired) electrons. The fourth-order valence-corrected chi connectivity index (χ4v) is 3.70. The van der Waals surface area contributed by atoms with Crippen LogP contribution >= 0.6 is 0 Å². The molecule has 1 aliphatic rings. The van der Waals surface area contributed by atoms with Crippen LogP contribution in [0.3, 0.4) is 0 Å². The third-order valence-corrected chi connectivity index (χ3v) is 5.36. The summed E-state index contributed by atoms with van der Waals surface area (Å²) in [4.78, 5) is 0. The van der Waals surface area contributed by atoms with Crippen LogP contribution in [0.2, 0.25) is 0 Å². The molecule has 28 heavy (non-hydrogen) atoms. The van der Waals surface area contributed by atoms with E-state index in [1.807, 2.05) is 6.07 Å². The van der Waals surface area contributed by atoms with Crippen LogP contribution in [0.4, 0.5) is 5.69 Å². The summed E-state index contributed by atoms with van der Waals surface area (Å²) in [6.07, 6.45) is 0.804. The second-order valence-corrected chi connectivity index (χ2v) is 7.37. The molecule has 1 heterocycles. The van der Waals surface area contributed by atoms with Gasteiger partial charge >= 0.3 is 0 Å². The summed E-state index contributed by atoms with van der Waals surface area (Å²) in [6.45, 7) is 4.14. The molecular weight excluding hydrogens is 346 g/mol. The van der Waals surface area contributed by atoms with Crippen molar-refractivity contribution in [2.24, 2.45) is 0 Å².